The van der Waals surface area contributed by atoms with Crippen molar-refractivity contribution in [2.45, 2.75) is 32.6 Å². The molecule has 2 aromatic heterocycles. The van der Waals surface area contributed by atoms with E-state index in [1.807, 2.05) is 13.8 Å². The van der Waals surface area contributed by atoms with Gasteiger partial charge in [0.2, 0.25) is 5.91 Å². The molecule has 9 nitrogen and oxygen atoms in total. The van der Waals surface area contributed by atoms with Crippen LogP contribution in [0.15, 0.2) is 31.0 Å². The maximum atomic E-state index is 12.4. The second-order valence-electron chi connectivity index (χ2n) is 6.03. The zero-order valence-electron chi connectivity index (χ0n) is 14.1. The molecule has 2 amide bonds. The second kappa shape index (κ2) is 7.39. The highest BCUT2D eigenvalue weighted by molar-refractivity contribution is 6.02. The molecule has 3 heterocycles. The van der Waals surface area contributed by atoms with Gasteiger partial charge in [-0.05, 0) is 13.8 Å². The molecule has 25 heavy (non-hydrogen) atoms. The van der Waals surface area contributed by atoms with E-state index in [4.69, 9.17) is 4.74 Å². The number of carbonyl (C=O) groups excluding carboxylic acids is 2. The van der Waals surface area contributed by atoms with Crippen molar-refractivity contribution < 1.29 is 14.3 Å². The minimum absolute atomic E-state index is 0.0205. The monoisotopic (exact) mass is 344 g/mol. The van der Waals surface area contributed by atoms with Crippen molar-refractivity contribution in [1.29, 1.82) is 0 Å². The lowest BCUT2D eigenvalue weighted by Gasteiger charge is -2.35. The normalized spacial score (nSPS) is 20.3. The molecule has 2 atom stereocenters. The van der Waals surface area contributed by atoms with Crippen molar-refractivity contribution in [3.8, 4) is 0 Å². The van der Waals surface area contributed by atoms with E-state index in [9.17, 15) is 9.59 Å². The quantitative estimate of drug-likeness (QED) is 0.869. The summed E-state index contributed by atoms with van der Waals surface area (Å²) in [6.07, 6.45) is 7.46. The first-order valence-electron chi connectivity index (χ1n) is 8.04. The van der Waals surface area contributed by atoms with E-state index < -0.39 is 0 Å². The van der Waals surface area contributed by atoms with Gasteiger partial charge in [0.15, 0.2) is 0 Å². The summed E-state index contributed by atoms with van der Waals surface area (Å²) in [5, 5.41) is 6.80. The Bertz CT molecular complexity index is 737. The maximum Gasteiger partial charge on any atom is 0.275 e. The number of morpholine rings is 1. The Morgan fingerprint density at radius 2 is 2.00 bits per heavy atom. The number of anilines is 1. The Balaban J connectivity index is 1.58. The van der Waals surface area contributed by atoms with Crippen LogP contribution in [0.25, 0.3) is 0 Å². The first-order valence-corrected chi connectivity index (χ1v) is 8.04. The van der Waals surface area contributed by atoms with Crippen LogP contribution in [0.2, 0.25) is 0 Å². The molecule has 1 N–H and O–H groups in total. The molecule has 1 saturated heterocycles. The van der Waals surface area contributed by atoms with E-state index in [-0.39, 0.29) is 36.3 Å². The molecule has 9 heteroatoms. The van der Waals surface area contributed by atoms with E-state index in [1.165, 1.54) is 29.5 Å². The number of aromatic nitrogens is 4. The van der Waals surface area contributed by atoms with E-state index >= 15 is 0 Å². The molecule has 2 aromatic rings. The van der Waals surface area contributed by atoms with Crippen molar-refractivity contribution in [1.82, 2.24) is 24.6 Å². The van der Waals surface area contributed by atoms with Crippen LogP contribution in [0.5, 0.6) is 0 Å². The molecule has 0 spiro atoms. The van der Waals surface area contributed by atoms with Crippen LogP contribution in [-0.2, 0) is 16.1 Å². The molecule has 1 aliphatic rings. The van der Waals surface area contributed by atoms with Gasteiger partial charge in [0.25, 0.3) is 5.91 Å². The van der Waals surface area contributed by atoms with Gasteiger partial charge in [0, 0.05) is 31.7 Å². The average Bonchev–Trinajstić information content (AvgIpc) is 3.01. The zero-order chi connectivity index (χ0) is 17.8. The molecule has 0 unspecified atom stereocenters. The molecule has 1 fully saturated rings. The standard InChI is InChI=1S/C16H20N6O3/c1-11-7-21(8-12(2)25-11)15(23)10-22-9-13(5-19-22)20-16(24)14-6-17-3-4-18-14/h3-6,9,11-12H,7-8,10H2,1-2H3,(H,20,24)/t11-,12-/m0/s1. The summed E-state index contributed by atoms with van der Waals surface area (Å²) in [6, 6.07) is 0. The van der Waals surface area contributed by atoms with E-state index in [2.05, 4.69) is 20.4 Å². The second-order valence-corrected chi connectivity index (χ2v) is 6.03. The molecule has 0 saturated carbocycles. The minimum Gasteiger partial charge on any atom is -0.372 e. The highest BCUT2D eigenvalue weighted by atomic mass is 16.5. The van der Waals surface area contributed by atoms with E-state index in [0.717, 1.165) is 0 Å². The van der Waals surface area contributed by atoms with Crippen LogP contribution in [-0.4, -0.2) is 61.8 Å². The predicted molar refractivity (Wildman–Crippen MR) is 88.8 cm³/mol. The number of hydrogen-bond donors (Lipinski definition) is 1. The molecular formula is C16H20N6O3. The van der Waals surface area contributed by atoms with Gasteiger partial charge in [-0.2, -0.15) is 5.10 Å². The average molecular weight is 344 g/mol. The number of ether oxygens (including phenoxy) is 1. The fraction of sp³-hybridized carbons (Fsp3) is 0.438. The third-order valence-electron chi connectivity index (χ3n) is 3.76. The molecular weight excluding hydrogens is 324 g/mol. The fourth-order valence-electron chi connectivity index (χ4n) is 2.75. The summed E-state index contributed by atoms with van der Waals surface area (Å²) >= 11 is 0. The lowest BCUT2D eigenvalue weighted by Crippen LogP contribution is -2.49. The van der Waals surface area contributed by atoms with Crippen molar-refractivity contribution in [3.05, 3.63) is 36.7 Å². The summed E-state index contributed by atoms with van der Waals surface area (Å²) in [5.74, 6) is -0.410. The first-order chi connectivity index (χ1) is 12.0. The third-order valence-corrected chi connectivity index (χ3v) is 3.76. The molecule has 1 aliphatic heterocycles. The summed E-state index contributed by atoms with van der Waals surface area (Å²) < 4.78 is 7.13. The molecule has 0 radical (unpaired) electrons. The van der Waals surface area contributed by atoms with Crippen molar-refractivity contribution >= 4 is 17.5 Å². The number of hydrogen-bond acceptors (Lipinski definition) is 6. The Morgan fingerprint density at radius 3 is 2.68 bits per heavy atom. The summed E-state index contributed by atoms with van der Waals surface area (Å²) in [6.45, 7) is 5.15. The van der Waals surface area contributed by atoms with Gasteiger partial charge in [-0.1, -0.05) is 0 Å². The van der Waals surface area contributed by atoms with Gasteiger partial charge in [-0.15, -0.1) is 0 Å². The zero-order valence-corrected chi connectivity index (χ0v) is 14.1. The highest BCUT2D eigenvalue weighted by Gasteiger charge is 2.26. The summed E-state index contributed by atoms with van der Waals surface area (Å²) in [5.41, 5.74) is 0.704. The van der Waals surface area contributed by atoms with Gasteiger partial charge in [-0.3, -0.25) is 19.3 Å². The van der Waals surface area contributed by atoms with Gasteiger partial charge in [0.1, 0.15) is 12.2 Å². The summed E-state index contributed by atoms with van der Waals surface area (Å²) in [4.78, 5) is 34.0. The van der Waals surface area contributed by atoms with Crippen LogP contribution in [0, 0.1) is 0 Å². The molecule has 0 bridgehead atoms. The van der Waals surface area contributed by atoms with Crippen LogP contribution in [0.1, 0.15) is 24.3 Å². The molecule has 0 aromatic carbocycles. The van der Waals surface area contributed by atoms with Gasteiger partial charge in [0.05, 0.1) is 30.3 Å². The van der Waals surface area contributed by atoms with Crippen molar-refractivity contribution in [3.63, 3.8) is 0 Å². The molecule has 132 valence electrons. The Hall–Kier alpha value is -2.81. The third kappa shape index (κ3) is 4.38. The van der Waals surface area contributed by atoms with Crippen molar-refractivity contribution in [2.24, 2.45) is 0 Å². The number of carbonyl (C=O) groups is 2. The lowest BCUT2D eigenvalue weighted by atomic mass is 10.2. The number of nitrogens with zero attached hydrogens (tertiary/aromatic N) is 5. The Morgan fingerprint density at radius 1 is 1.24 bits per heavy atom. The van der Waals surface area contributed by atoms with Crippen LogP contribution < -0.4 is 5.32 Å². The minimum atomic E-state index is -0.380. The van der Waals surface area contributed by atoms with Crippen LogP contribution >= 0.6 is 0 Å². The lowest BCUT2D eigenvalue weighted by molar-refractivity contribution is -0.144. The Kier molecular flexibility index (Phi) is 5.03. The SMILES string of the molecule is C[C@H]1CN(C(=O)Cn2cc(NC(=O)c3cnccn3)cn2)C[C@H](C)O1. The van der Waals surface area contributed by atoms with E-state index in [1.54, 1.807) is 11.1 Å². The Labute approximate surface area is 145 Å². The summed E-state index contributed by atoms with van der Waals surface area (Å²) in [7, 11) is 0. The molecule has 3 rings (SSSR count). The fourth-order valence-corrected chi connectivity index (χ4v) is 2.75. The largest absolute Gasteiger partial charge is 0.372 e. The maximum absolute atomic E-state index is 12.4. The topological polar surface area (TPSA) is 102 Å². The van der Waals surface area contributed by atoms with E-state index in [0.29, 0.717) is 18.8 Å². The predicted octanol–water partition coefficient (Wildman–Crippen LogP) is 0.561. The number of nitrogens with one attached hydrogen (secondary N) is 1. The van der Waals surface area contributed by atoms with Crippen LogP contribution in [0.3, 0.4) is 0 Å². The molecule has 0 aliphatic carbocycles. The van der Waals surface area contributed by atoms with Gasteiger partial charge >= 0.3 is 0 Å². The first kappa shape index (κ1) is 17.0. The van der Waals surface area contributed by atoms with Crippen molar-refractivity contribution in [2.75, 3.05) is 18.4 Å². The smallest absolute Gasteiger partial charge is 0.275 e. The highest BCUT2D eigenvalue weighted by Crippen LogP contribution is 2.12. The van der Waals surface area contributed by atoms with Crippen LogP contribution in [0.4, 0.5) is 5.69 Å². The van der Waals surface area contributed by atoms with Gasteiger partial charge < -0.3 is 15.0 Å². The number of amides is 2. The number of rotatable bonds is 4. The van der Waals surface area contributed by atoms with Gasteiger partial charge in [-0.25, -0.2) is 4.98 Å².